The maximum atomic E-state index is 13.2. The maximum Gasteiger partial charge on any atom is 0.306 e. The molecule has 13 nitrogen and oxygen atoms in total. The average Bonchev–Trinajstić information content (AvgIpc) is 0.870. The number of esters is 4. The molecule has 0 amide bonds. The van der Waals surface area contributed by atoms with E-state index in [0.717, 1.165) is 233 Å². The highest BCUT2D eigenvalue weighted by atomic mass is 16.6. The number of aliphatic hydroxyl groups is 1. The van der Waals surface area contributed by atoms with Gasteiger partial charge >= 0.3 is 23.9 Å². The molecule has 0 aliphatic carbocycles. The SMILES string of the molecule is CCCCCCCCCCCOC(=O)CCCCCN(CCCCCCCC(=O)OC(CCCCCCCC)CCCCCCCC)CCN1CCN([C@H](CO)CN(CCCCCCCC(=O)OC(CCCCCCCC)CCCCCCCC)CCCCCC(=O)OCCCCCCCCCCC)CC1. The predicted molar refractivity (Wildman–Crippen MR) is 452 cm³/mol. The standard InChI is InChI=1S/C93H182N4O9/c1-7-13-19-25-31-33-35-47-63-83-103-90(99)69-57-49-61-74-94(73-59-45-37-43-55-71-92(101)105-88(65-51-39-27-21-15-9-3)66-52-40-28-22-16-10-4)77-78-95-79-81-97(82-80-95)87(86-98)85-96(76-62-50-58-70-91(100)104-84-64-48-36-34-32-26-20-14-8-2)75-60-46-38-44-56-72-93(102)106-89(67-53-41-29-23-17-11-5)68-54-42-30-24-18-12-6/h87-89,98H,7-86H2,1-6H3/t87-/m0/s1. The Morgan fingerprint density at radius 2 is 0.547 bits per heavy atom. The van der Waals surface area contributed by atoms with Crippen LogP contribution in [0, 0.1) is 0 Å². The third kappa shape index (κ3) is 68.5. The van der Waals surface area contributed by atoms with Gasteiger partial charge in [-0.1, -0.05) is 324 Å². The Balaban J connectivity index is 2.90. The summed E-state index contributed by atoms with van der Waals surface area (Å²) in [4.78, 5) is 62.3. The van der Waals surface area contributed by atoms with Gasteiger partial charge in [-0.2, -0.15) is 0 Å². The normalized spacial score (nSPS) is 13.3. The minimum atomic E-state index is -0.0538. The van der Waals surface area contributed by atoms with E-state index in [4.69, 9.17) is 18.9 Å². The van der Waals surface area contributed by atoms with Gasteiger partial charge in [0.25, 0.3) is 0 Å². The van der Waals surface area contributed by atoms with Crippen LogP contribution in [-0.2, 0) is 38.1 Å². The molecule has 1 N–H and O–H groups in total. The topological polar surface area (TPSA) is 138 Å². The van der Waals surface area contributed by atoms with E-state index in [1.165, 1.54) is 238 Å². The predicted octanol–water partition coefficient (Wildman–Crippen LogP) is 25.3. The fourth-order valence-corrected chi connectivity index (χ4v) is 15.6. The molecule has 628 valence electrons. The lowest BCUT2D eigenvalue weighted by atomic mass is 10.0. The van der Waals surface area contributed by atoms with Crippen molar-refractivity contribution in [2.45, 2.75) is 484 Å². The van der Waals surface area contributed by atoms with E-state index < -0.39 is 0 Å². The molecule has 1 aliphatic rings. The first-order valence-corrected chi connectivity index (χ1v) is 47.3. The lowest BCUT2D eigenvalue weighted by Gasteiger charge is -2.41. The molecule has 13 heteroatoms. The summed E-state index contributed by atoms with van der Waals surface area (Å²) in [6, 6.07) is 0.0752. The second-order valence-corrected chi connectivity index (χ2v) is 33.1. The third-order valence-corrected chi connectivity index (χ3v) is 22.9. The number of ether oxygens (including phenoxy) is 4. The van der Waals surface area contributed by atoms with Crippen molar-refractivity contribution in [1.29, 1.82) is 0 Å². The highest BCUT2D eigenvalue weighted by molar-refractivity contribution is 5.70. The highest BCUT2D eigenvalue weighted by Crippen LogP contribution is 2.23. The molecule has 0 spiro atoms. The molecule has 1 rings (SSSR count). The number of piperazine rings is 1. The molecule has 106 heavy (non-hydrogen) atoms. The van der Waals surface area contributed by atoms with E-state index in [2.05, 4.69) is 61.1 Å². The lowest BCUT2D eigenvalue weighted by molar-refractivity contribution is -0.151. The van der Waals surface area contributed by atoms with Crippen molar-refractivity contribution in [3.8, 4) is 0 Å². The highest BCUT2D eigenvalue weighted by Gasteiger charge is 2.26. The minimum Gasteiger partial charge on any atom is -0.466 e. The van der Waals surface area contributed by atoms with Crippen molar-refractivity contribution >= 4 is 23.9 Å². The average molecular weight is 1500 g/mol. The van der Waals surface area contributed by atoms with Crippen LogP contribution in [0.2, 0.25) is 0 Å². The van der Waals surface area contributed by atoms with Crippen LogP contribution in [0.3, 0.4) is 0 Å². The summed E-state index contributed by atoms with van der Waals surface area (Å²) in [5.74, 6) is -0.0769. The van der Waals surface area contributed by atoms with Gasteiger partial charge in [0.05, 0.1) is 19.8 Å². The van der Waals surface area contributed by atoms with Gasteiger partial charge in [0.2, 0.25) is 0 Å². The number of carbonyl (C=O) groups excluding carboxylic acids is 4. The molecule has 1 fully saturated rings. The zero-order chi connectivity index (χ0) is 76.7. The van der Waals surface area contributed by atoms with E-state index in [1.807, 2.05) is 0 Å². The van der Waals surface area contributed by atoms with E-state index in [9.17, 15) is 24.3 Å². The Kier molecular flexibility index (Phi) is 77.4. The molecular weight excluding hydrogens is 1320 g/mol. The quantitative estimate of drug-likeness (QED) is 0.0351. The van der Waals surface area contributed by atoms with Gasteiger partial charge in [-0.3, -0.25) is 29.0 Å². The zero-order valence-electron chi connectivity index (χ0n) is 71.8. The molecular formula is C93H182N4O9. The summed E-state index contributed by atoms with van der Waals surface area (Å²) in [7, 11) is 0. The second kappa shape index (κ2) is 80.7. The molecule has 0 unspecified atom stereocenters. The molecule has 1 atom stereocenters. The fraction of sp³-hybridized carbons (Fsp3) is 0.957. The number of carbonyl (C=O) groups is 4. The van der Waals surface area contributed by atoms with Gasteiger partial charge in [-0.05, 0) is 142 Å². The number of unbranched alkanes of at least 4 members (excludes halogenated alkanes) is 48. The maximum absolute atomic E-state index is 13.2. The van der Waals surface area contributed by atoms with Gasteiger partial charge in [0.1, 0.15) is 12.2 Å². The molecule has 0 aromatic carbocycles. The summed E-state index contributed by atoms with van der Waals surface area (Å²) >= 11 is 0. The first-order chi connectivity index (χ1) is 52.1. The number of hydrogen-bond donors (Lipinski definition) is 1. The van der Waals surface area contributed by atoms with Crippen molar-refractivity contribution < 1.29 is 43.2 Å². The van der Waals surface area contributed by atoms with E-state index in [0.29, 0.717) is 38.9 Å². The largest absolute Gasteiger partial charge is 0.466 e. The first kappa shape index (κ1) is 102. The molecule has 0 bridgehead atoms. The smallest absolute Gasteiger partial charge is 0.306 e. The minimum absolute atomic E-state index is 0.00150. The van der Waals surface area contributed by atoms with Crippen LogP contribution in [0.25, 0.3) is 0 Å². The second-order valence-electron chi connectivity index (χ2n) is 33.1. The molecule has 1 heterocycles. The van der Waals surface area contributed by atoms with Crippen LogP contribution in [0.4, 0.5) is 0 Å². The molecule has 0 radical (unpaired) electrons. The molecule has 0 aromatic rings. The van der Waals surface area contributed by atoms with Crippen molar-refractivity contribution in [1.82, 2.24) is 19.6 Å². The Labute approximate surface area is 658 Å². The van der Waals surface area contributed by atoms with Gasteiger partial charge in [0, 0.05) is 77.5 Å². The van der Waals surface area contributed by atoms with Crippen molar-refractivity contribution in [3.63, 3.8) is 0 Å². The molecule has 1 saturated heterocycles. The van der Waals surface area contributed by atoms with E-state index >= 15 is 0 Å². The van der Waals surface area contributed by atoms with Gasteiger partial charge < -0.3 is 33.9 Å². The molecule has 1 aliphatic heterocycles. The van der Waals surface area contributed by atoms with Gasteiger partial charge in [0.15, 0.2) is 0 Å². The molecule has 0 aromatic heterocycles. The lowest BCUT2D eigenvalue weighted by Crippen LogP contribution is -2.55. The number of nitrogens with zero attached hydrogens (tertiary/aromatic N) is 4. The number of rotatable bonds is 85. The summed E-state index contributed by atoms with van der Waals surface area (Å²) < 4.78 is 23.7. The number of hydrogen-bond acceptors (Lipinski definition) is 13. The first-order valence-electron chi connectivity index (χ1n) is 47.3. The Bertz CT molecular complexity index is 1820. The van der Waals surface area contributed by atoms with E-state index in [1.54, 1.807) is 0 Å². The van der Waals surface area contributed by atoms with Crippen LogP contribution in [0.1, 0.15) is 465 Å². The monoisotopic (exact) mass is 1500 g/mol. The third-order valence-electron chi connectivity index (χ3n) is 22.9. The Morgan fingerprint density at radius 1 is 0.292 bits per heavy atom. The van der Waals surface area contributed by atoms with Crippen LogP contribution in [-0.4, -0.2) is 159 Å². The summed E-state index contributed by atoms with van der Waals surface area (Å²) in [5, 5.41) is 11.1. The van der Waals surface area contributed by atoms with Gasteiger partial charge in [-0.15, -0.1) is 0 Å². The van der Waals surface area contributed by atoms with Crippen LogP contribution >= 0.6 is 0 Å². The van der Waals surface area contributed by atoms with Crippen molar-refractivity contribution in [3.05, 3.63) is 0 Å². The van der Waals surface area contributed by atoms with E-state index in [-0.39, 0.29) is 48.7 Å². The van der Waals surface area contributed by atoms with Gasteiger partial charge in [-0.25, -0.2) is 0 Å². The van der Waals surface area contributed by atoms with Crippen molar-refractivity contribution in [2.24, 2.45) is 0 Å². The summed E-state index contributed by atoms with van der Waals surface area (Å²) in [6.45, 7) is 25.7. The zero-order valence-corrected chi connectivity index (χ0v) is 71.8. The van der Waals surface area contributed by atoms with Crippen LogP contribution in [0.5, 0.6) is 0 Å². The Morgan fingerprint density at radius 3 is 0.858 bits per heavy atom. The van der Waals surface area contributed by atoms with Crippen molar-refractivity contribution in [2.75, 3.05) is 91.8 Å². The number of aliphatic hydroxyl groups excluding tert-OH is 1. The van der Waals surface area contributed by atoms with Crippen LogP contribution < -0.4 is 0 Å². The Hall–Kier alpha value is -2.32. The molecule has 0 saturated carbocycles. The summed E-state index contributed by atoms with van der Waals surface area (Å²) in [5.41, 5.74) is 0. The van der Waals surface area contributed by atoms with Crippen LogP contribution in [0.15, 0.2) is 0 Å². The summed E-state index contributed by atoms with van der Waals surface area (Å²) in [6.07, 6.45) is 75.8. The fourth-order valence-electron chi connectivity index (χ4n) is 15.6.